The molecule has 0 aliphatic carbocycles. The fourth-order valence-corrected chi connectivity index (χ4v) is 1.53. The van der Waals surface area contributed by atoms with Crippen LogP contribution >= 0.6 is 0 Å². The Balaban J connectivity index is 2.97. The first-order valence-electron chi connectivity index (χ1n) is 5.61. The first kappa shape index (κ1) is 12.8. The molecule has 0 saturated heterocycles. The van der Waals surface area contributed by atoms with Gasteiger partial charge in [0.2, 0.25) is 0 Å². The number of ether oxygens (including phenoxy) is 2. The number of methoxy groups -OCH3 is 1. The Hall–Kier alpha value is -1.22. The summed E-state index contributed by atoms with van der Waals surface area (Å²) in [6.07, 6.45) is 0. The lowest BCUT2D eigenvalue weighted by atomic mass is 10.1. The van der Waals surface area contributed by atoms with Crippen LogP contribution in [0.1, 0.15) is 32.4 Å². The molecule has 16 heavy (non-hydrogen) atoms. The van der Waals surface area contributed by atoms with Crippen LogP contribution in [0.3, 0.4) is 0 Å². The van der Waals surface area contributed by atoms with E-state index in [-0.39, 0.29) is 6.04 Å². The van der Waals surface area contributed by atoms with Crippen molar-refractivity contribution < 1.29 is 9.47 Å². The highest BCUT2D eigenvalue weighted by atomic mass is 16.5. The minimum Gasteiger partial charge on any atom is -0.496 e. The van der Waals surface area contributed by atoms with E-state index in [1.165, 1.54) is 0 Å². The molecule has 1 rings (SSSR count). The van der Waals surface area contributed by atoms with Crippen LogP contribution in [0, 0.1) is 5.92 Å². The van der Waals surface area contributed by atoms with Crippen molar-refractivity contribution >= 4 is 0 Å². The molecule has 3 heteroatoms. The summed E-state index contributed by atoms with van der Waals surface area (Å²) in [5.41, 5.74) is 6.87. The molecule has 0 aliphatic heterocycles. The number of hydrogen-bond acceptors (Lipinski definition) is 3. The van der Waals surface area contributed by atoms with E-state index in [4.69, 9.17) is 15.2 Å². The normalized spacial score (nSPS) is 12.6. The van der Waals surface area contributed by atoms with Crippen molar-refractivity contribution in [3.05, 3.63) is 23.8 Å². The SMILES string of the molecule is COc1cccc(OCC(C)C)c1[C@H](C)N. The summed E-state index contributed by atoms with van der Waals surface area (Å²) in [7, 11) is 1.65. The third kappa shape index (κ3) is 3.14. The van der Waals surface area contributed by atoms with Crippen LogP contribution in [0.4, 0.5) is 0 Å². The van der Waals surface area contributed by atoms with E-state index >= 15 is 0 Å². The van der Waals surface area contributed by atoms with Gasteiger partial charge in [0.15, 0.2) is 0 Å². The van der Waals surface area contributed by atoms with Crippen LogP contribution in [-0.2, 0) is 0 Å². The van der Waals surface area contributed by atoms with Crippen LogP contribution < -0.4 is 15.2 Å². The molecule has 0 aromatic heterocycles. The smallest absolute Gasteiger partial charge is 0.127 e. The van der Waals surface area contributed by atoms with Gasteiger partial charge in [-0.05, 0) is 25.0 Å². The molecule has 2 N–H and O–H groups in total. The summed E-state index contributed by atoms with van der Waals surface area (Å²) in [4.78, 5) is 0. The number of rotatable bonds is 5. The largest absolute Gasteiger partial charge is 0.496 e. The summed E-state index contributed by atoms with van der Waals surface area (Å²) >= 11 is 0. The second-order valence-electron chi connectivity index (χ2n) is 4.37. The number of benzene rings is 1. The van der Waals surface area contributed by atoms with E-state index in [0.29, 0.717) is 12.5 Å². The van der Waals surface area contributed by atoms with E-state index in [9.17, 15) is 0 Å². The van der Waals surface area contributed by atoms with E-state index in [1.807, 2.05) is 25.1 Å². The molecule has 0 heterocycles. The van der Waals surface area contributed by atoms with Crippen LogP contribution in [0.25, 0.3) is 0 Å². The predicted octanol–water partition coefficient (Wildman–Crippen LogP) is 2.75. The molecule has 1 aromatic carbocycles. The number of hydrogen-bond donors (Lipinski definition) is 1. The van der Waals surface area contributed by atoms with Gasteiger partial charge in [0, 0.05) is 6.04 Å². The molecule has 1 aromatic rings. The average molecular weight is 223 g/mol. The third-order valence-corrected chi connectivity index (χ3v) is 2.27. The van der Waals surface area contributed by atoms with Crippen molar-refractivity contribution in [2.75, 3.05) is 13.7 Å². The molecular formula is C13H21NO2. The predicted molar refractivity (Wildman–Crippen MR) is 65.9 cm³/mol. The van der Waals surface area contributed by atoms with Crippen molar-refractivity contribution in [2.45, 2.75) is 26.8 Å². The summed E-state index contributed by atoms with van der Waals surface area (Å²) in [6.45, 7) is 6.85. The Morgan fingerprint density at radius 2 is 1.81 bits per heavy atom. The minimum absolute atomic E-state index is 0.0988. The van der Waals surface area contributed by atoms with Gasteiger partial charge < -0.3 is 15.2 Å². The van der Waals surface area contributed by atoms with Gasteiger partial charge in [-0.3, -0.25) is 0 Å². The van der Waals surface area contributed by atoms with Crippen molar-refractivity contribution in [1.82, 2.24) is 0 Å². The highest BCUT2D eigenvalue weighted by molar-refractivity contribution is 5.46. The molecule has 0 unspecified atom stereocenters. The van der Waals surface area contributed by atoms with Crippen LogP contribution in [-0.4, -0.2) is 13.7 Å². The molecule has 0 spiro atoms. The molecule has 0 saturated carbocycles. The monoisotopic (exact) mass is 223 g/mol. The first-order chi connectivity index (χ1) is 7.56. The summed E-state index contributed by atoms with van der Waals surface area (Å²) in [5, 5.41) is 0. The fourth-order valence-electron chi connectivity index (χ4n) is 1.53. The molecule has 0 fully saturated rings. The van der Waals surface area contributed by atoms with E-state index in [0.717, 1.165) is 17.1 Å². The second kappa shape index (κ2) is 5.75. The van der Waals surface area contributed by atoms with Gasteiger partial charge in [-0.15, -0.1) is 0 Å². The van der Waals surface area contributed by atoms with E-state index in [2.05, 4.69) is 13.8 Å². The van der Waals surface area contributed by atoms with Crippen molar-refractivity contribution in [2.24, 2.45) is 11.7 Å². The lowest BCUT2D eigenvalue weighted by molar-refractivity contribution is 0.265. The molecule has 90 valence electrons. The minimum atomic E-state index is -0.0988. The molecule has 0 amide bonds. The molecule has 3 nitrogen and oxygen atoms in total. The Bertz CT molecular complexity index is 335. The fraction of sp³-hybridized carbons (Fsp3) is 0.538. The van der Waals surface area contributed by atoms with Gasteiger partial charge in [-0.2, -0.15) is 0 Å². The summed E-state index contributed by atoms with van der Waals surface area (Å²) in [6, 6.07) is 5.66. The highest BCUT2D eigenvalue weighted by Crippen LogP contribution is 2.32. The Morgan fingerprint density at radius 1 is 1.19 bits per heavy atom. The first-order valence-corrected chi connectivity index (χ1v) is 5.61. The molecule has 0 radical (unpaired) electrons. The Kier molecular flexibility index (Phi) is 4.62. The van der Waals surface area contributed by atoms with Gasteiger partial charge in [-0.25, -0.2) is 0 Å². The number of nitrogens with two attached hydrogens (primary N) is 1. The van der Waals surface area contributed by atoms with Gasteiger partial charge >= 0.3 is 0 Å². The molecule has 0 bridgehead atoms. The highest BCUT2D eigenvalue weighted by Gasteiger charge is 2.14. The van der Waals surface area contributed by atoms with Crippen molar-refractivity contribution in [3.8, 4) is 11.5 Å². The molecule has 1 atom stereocenters. The Labute approximate surface area is 97.6 Å². The van der Waals surface area contributed by atoms with Crippen LogP contribution in [0.5, 0.6) is 11.5 Å². The maximum absolute atomic E-state index is 5.94. The summed E-state index contributed by atoms with van der Waals surface area (Å²) in [5.74, 6) is 2.10. The topological polar surface area (TPSA) is 44.5 Å². The standard InChI is InChI=1S/C13H21NO2/c1-9(2)8-16-12-7-5-6-11(15-4)13(12)10(3)14/h5-7,9-10H,8,14H2,1-4H3/t10-/m0/s1. The van der Waals surface area contributed by atoms with Gasteiger partial charge in [0.05, 0.1) is 19.3 Å². The lowest BCUT2D eigenvalue weighted by Crippen LogP contribution is -2.12. The average Bonchev–Trinajstić information content (AvgIpc) is 2.25. The van der Waals surface area contributed by atoms with Crippen LogP contribution in [0.2, 0.25) is 0 Å². The molecule has 0 aliphatic rings. The van der Waals surface area contributed by atoms with Crippen LogP contribution in [0.15, 0.2) is 18.2 Å². The van der Waals surface area contributed by atoms with Gasteiger partial charge in [0.25, 0.3) is 0 Å². The maximum Gasteiger partial charge on any atom is 0.127 e. The zero-order valence-corrected chi connectivity index (χ0v) is 10.5. The van der Waals surface area contributed by atoms with E-state index in [1.54, 1.807) is 7.11 Å². The van der Waals surface area contributed by atoms with E-state index < -0.39 is 0 Å². The summed E-state index contributed by atoms with van der Waals surface area (Å²) < 4.78 is 11.0. The maximum atomic E-state index is 5.94. The third-order valence-electron chi connectivity index (χ3n) is 2.27. The second-order valence-corrected chi connectivity index (χ2v) is 4.37. The molecular weight excluding hydrogens is 202 g/mol. The Morgan fingerprint density at radius 3 is 2.31 bits per heavy atom. The zero-order chi connectivity index (χ0) is 12.1. The zero-order valence-electron chi connectivity index (χ0n) is 10.5. The van der Waals surface area contributed by atoms with Crippen molar-refractivity contribution in [1.29, 1.82) is 0 Å². The van der Waals surface area contributed by atoms with Gasteiger partial charge in [0.1, 0.15) is 11.5 Å². The van der Waals surface area contributed by atoms with Crippen molar-refractivity contribution in [3.63, 3.8) is 0 Å². The lowest BCUT2D eigenvalue weighted by Gasteiger charge is -2.18. The quantitative estimate of drug-likeness (QED) is 0.834. The van der Waals surface area contributed by atoms with Gasteiger partial charge in [-0.1, -0.05) is 19.9 Å².